The zero-order chi connectivity index (χ0) is 25.2. The van der Waals surface area contributed by atoms with Gasteiger partial charge in [-0.1, -0.05) is 0 Å². The fourth-order valence-electron chi connectivity index (χ4n) is 5.81. The van der Waals surface area contributed by atoms with Crippen molar-refractivity contribution in [1.82, 2.24) is 0 Å². The Morgan fingerprint density at radius 2 is 1.32 bits per heavy atom. The van der Waals surface area contributed by atoms with E-state index in [9.17, 15) is 0 Å². The van der Waals surface area contributed by atoms with Gasteiger partial charge in [-0.25, -0.2) is 0 Å². The quantitative estimate of drug-likeness (QED) is 0.418. The predicted octanol–water partition coefficient (Wildman–Crippen LogP) is 2.77. The molecule has 0 bridgehead atoms. The van der Waals surface area contributed by atoms with Crippen LogP contribution >= 0.6 is 11.6 Å². The van der Waals surface area contributed by atoms with E-state index >= 15 is 0 Å². The van der Waals surface area contributed by atoms with Crippen LogP contribution in [0.3, 0.4) is 0 Å². The van der Waals surface area contributed by atoms with Crippen LogP contribution < -0.4 is 28.1 Å². The molecule has 3 aromatic rings. The minimum atomic E-state index is -3.53. The van der Waals surface area contributed by atoms with Gasteiger partial charge in [-0.15, -0.1) is 0 Å². The number of allylic oxidation sites excluding steroid dienone is 4. The van der Waals surface area contributed by atoms with Gasteiger partial charge in [0.1, 0.15) is 0 Å². The van der Waals surface area contributed by atoms with E-state index in [-0.39, 0.29) is 35.6 Å². The molecule has 2 aliphatic rings. The van der Waals surface area contributed by atoms with E-state index in [4.69, 9.17) is 15.8 Å². The fourth-order valence-corrected chi connectivity index (χ4v) is 16.8. The summed E-state index contributed by atoms with van der Waals surface area (Å²) in [6, 6.07) is 23.0. The molecular weight excluding hydrogens is 594 g/mol. The number of halogens is 3. The smallest absolute Gasteiger partial charge is 1.00 e. The van der Waals surface area contributed by atoms with Crippen molar-refractivity contribution in [2.45, 2.75) is 62.4 Å². The van der Waals surface area contributed by atoms with E-state index in [1.807, 2.05) is 6.07 Å². The summed E-state index contributed by atoms with van der Waals surface area (Å²) in [4.78, 5) is 0. The van der Waals surface area contributed by atoms with E-state index in [0.717, 1.165) is 11.4 Å². The monoisotopic (exact) mass is 627 g/mol. The van der Waals surface area contributed by atoms with E-state index < -0.39 is 19.8 Å². The molecule has 0 saturated carbocycles. The summed E-state index contributed by atoms with van der Waals surface area (Å²) in [5.74, 6) is 0. The number of rotatable bonds is 3. The van der Waals surface area contributed by atoms with Gasteiger partial charge in [0, 0.05) is 0 Å². The topological polar surface area (TPSA) is 0 Å². The molecule has 0 aromatic heterocycles. The third kappa shape index (κ3) is 5.32. The Balaban J connectivity index is 0.00000190. The van der Waals surface area contributed by atoms with Gasteiger partial charge in [-0.05, 0) is 0 Å². The maximum atomic E-state index is 6.61. The molecule has 0 spiro atoms. The molecule has 37 heavy (non-hydrogen) atoms. The maximum Gasteiger partial charge on any atom is -1.00 e. The number of benzene rings is 3. The Hall–Kier alpha value is -1.24. The summed E-state index contributed by atoms with van der Waals surface area (Å²) >= 11 is 3.08. The van der Waals surface area contributed by atoms with Crippen LogP contribution in [0.25, 0.3) is 11.1 Å². The third-order valence-corrected chi connectivity index (χ3v) is 19.1. The first-order chi connectivity index (χ1) is 16.4. The molecule has 1 unspecified atom stereocenters. The molecule has 0 fully saturated rings. The van der Waals surface area contributed by atoms with Gasteiger partial charge in [0.05, 0.1) is 0 Å². The van der Waals surface area contributed by atoms with Gasteiger partial charge < -0.3 is 24.8 Å². The van der Waals surface area contributed by atoms with Crippen molar-refractivity contribution >= 4 is 19.1 Å². The van der Waals surface area contributed by atoms with Gasteiger partial charge in [0.15, 0.2) is 0 Å². The van der Waals surface area contributed by atoms with Gasteiger partial charge in [-0.3, -0.25) is 0 Å². The molecule has 2 aliphatic carbocycles. The summed E-state index contributed by atoms with van der Waals surface area (Å²) in [5.41, 5.74) is 8.68. The Labute approximate surface area is 244 Å². The van der Waals surface area contributed by atoms with Crippen molar-refractivity contribution in [2.24, 2.45) is 0 Å². The number of hydrogen-bond donors (Lipinski definition) is 0. The zero-order valence-electron chi connectivity index (χ0n) is 22.6. The first-order valence-corrected chi connectivity index (χ1v) is 18.7. The molecule has 1 atom stereocenters. The molecule has 5 rings (SSSR count). The largest absolute Gasteiger partial charge is 1.00 e. The van der Waals surface area contributed by atoms with Crippen LogP contribution in [0.15, 0.2) is 82.2 Å². The molecule has 3 aromatic carbocycles. The van der Waals surface area contributed by atoms with Crippen LogP contribution in [0.1, 0.15) is 73.8 Å². The van der Waals surface area contributed by atoms with E-state index in [1.165, 1.54) is 36.7 Å². The fraction of sp³-hybridized carbons (Fsp3) is 0.303. The average Bonchev–Trinajstić information content (AvgIpc) is 3.43. The Bertz CT molecular complexity index is 1370. The molecule has 0 saturated heterocycles. The van der Waals surface area contributed by atoms with Crippen molar-refractivity contribution in [2.75, 3.05) is 0 Å². The number of hydrogen-bond acceptors (Lipinski definition) is 0. The van der Waals surface area contributed by atoms with Crippen molar-refractivity contribution in [3.05, 3.63) is 109 Å². The summed E-state index contributed by atoms with van der Waals surface area (Å²) in [7, 11) is 0. The predicted molar refractivity (Wildman–Crippen MR) is 151 cm³/mol. The van der Waals surface area contributed by atoms with Crippen LogP contribution in [-0.4, -0.2) is 4.21 Å². The Kier molecular flexibility index (Phi) is 8.79. The second kappa shape index (κ2) is 10.7. The maximum absolute atomic E-state index is 6.61. The SMILES string of the molecule is [CH2]=[Zr+2]([C]1=CC=CC1)([c]1cccc(Cl)c1)[CH]1c2cc(C(C)(C)C)ccc2-c2ccc(C(C)(C)C)cc21.[Cl-].[Cl-]. The van der Waals surface area contributed by atoms with Gasteiger partial charge in [0.2, 0.25) is 0 Å². The van der Waals surface area contributed by atoms with Gasteiger partial charge in [-0.2, -0.15) is 0 Å². The molecule has 0 radical (unpaired) electrons. The van der Waals surface area contributed by atoms with Crippen molar-refractivity contribution in [3.63, 3.8) is 0 Å². The first-order valence-electron chi connectivity index (χ1n) is 12.7. The summed E-state index contributed by atoms with van der Waals surface area (Å²) in [6.45, 7) is 13.9. The molecule has 0 amide bonds. The third-order valence-electron chi connectivity index (χ3n) is 7.92. The number of fused-ring (bicyclic) bond motifs is 3. The minimum Gasteiger partial charge on any atom is -1.00 e. The van der Waals surface area contributed by atoms with Crippen LogP contribution in [0.5, 0.6) is 0 Å². The van der Waals surface area contributed by atoms with E-state index in [2.05, 4.69) is 114 Å². The second-order valence-corrected chi connectivity index (χ2v) is 22.0. The molecule has 0 aliphatic heterocycles. The first kappa shape index (κ1) is 30.3. The summed E-state index contributed by atoms with van der Waals surface area (Å²) < 4.78 is 8.51. The minimum absolute atomic E-state index is 0. The van der Waals surface area contributed by atoms with Crippen molar-refractivity contribution < 1.29 is 44.6 Å². The van der Waals surface area contributed by atoms with E-state index in [1.54, 1.807) is 3.28 Å². The second-order valence-electron chi connectivity index (χ2n) is 12.3. The zero-order valence-corrected chi connectivity index (χ0v) is 27.4. The molecule has 0 nitrogen and oxygen atoms in total. The summed E-state index contributed by atoms with van der Waals surface area (Å²) in [6.07, 6.45) is 7.89. The van der Waals surface area contributed by atoms with E-state index in [0.29, 0.717) is 3.63 Å². The Morgan fingerprint density at radius 3 is 1.76 bits per heavy atom. The van der Waals surface area contributed by atoms with Crippen molar-refractivity contribution in [1.29, 1.82) is 0 Å². The molecule has 193 valence electrons. The van der Waals surface area contributed by atoms with Crippen LogP contribution in [0.4, 0.5) is 0 Å². The van der Waals surface area contributed by atoms with Crippen LogP contribution in [-0.2, 0) is 30.6 Å². The van der Waals surface area contributed by atoms with Crippen LogP contribution in [0.2, 0.25) is 5.02 Å². The normalized spacial score (nSPS) is 15.4. The standard InChI is InChI=1S/C21H25.C6H4Cl.C5H5.CH2.2ClH.Zr/c1-20(2,3)16-7-9-18-14(12-16)11-15-13-17(21(4,5)6)8-10-19(15)18;7-6-4-2-1-3-5-6;1-2-4-5-3-1;;;;/h7-13H,1-6H3;1-2,4-5H;1-3H,4H2;1H2;2*1H;/q;;;;;;+2/p-2. The molecule has 0 heterocycles. The van der Waals surface area contributed by atoms with Gasteiger partial charge >= 0.3 is 222 Å². The average molecular weight is 630 g/mol. The summed E-state index contributed by atoms with van der Waals surface area (Å²) in [5, 5.41) is 0.809. The Morgan fingerprint density at radius 1 is 0.784 bits per heavy atom. The van der Waals surface area contributed by atoms with Crippen LogP contribution in [0, 0.1) is 0 Å². The molecule has 4 heteroatoms. The molecular formula is C33H36Cl3Zr. The van der Waals surface area contributed by atoms with Crippen molar-refractivity contribution in [3.8, 4) is 11.1 Å². The van der Waals surface area contributed by atoms with Gasteiger partial charge in [0.25, 0.3) is 0 Å². The molecule has 0 N–H and O–H groups in total.